The Bertz CT molecular complexity index is 769. The van der Waals surface area contributed by atoms with Crippen LogP contribution in [0.2, 0.25) is 0 Å². The maximum absolute atomic E-state index is 13.4. The molecule has 1 N–H and O–H groups in total. The van der Waals surface area contributed by atoms with Crippen LogP contribution < -0.4 is 5.32 Å². The highest BCUT2D eigenvalue weighted by Crippen LogP contribution is 2.34. The van der Waals surface area contributed by atoms with E-state index in [2.05, 4.69) is 25.6 Å². The fourth-order valence-electron chi connectivity index (χ4n) is 3.56. The van der Waals surface area contributed by atoms with Crippen molar-refractivity contribution < 1.29 is 9.13 Å². The molecule has 1 aliphatic heterocycles. The maximum atomic E-state index is 13.4. The first-order chi connectivity index (χ1) is 13.0. The molecule has 1 fully saturated rings. The molecule has 1 aromatic heterocycles. The number of guanidine groups is 1. The lowest BCUT2D eigenvalue weighted by Crippen LogP contribution is -2.48. The lowest BCUT2D eigenvalue weighted by atomic mass is 9.74. The molecule has 2 heterocycles. The van der Waals surface area contributed by atoms with Crippen LogP contribution in [0.4, 0.5) is 4.39 Å². The van der Waals surface area contributed by atoms with Gasteiger partial charge < -0.3 is 15.0 Å². The van der Waals surface area contributed by atoms with E-state index in [-0.39, 0.29) is 11.2 Å². The zero-order chi connectivity index (χ0) is 19.3. The van der Waals surface area contributed by atoms with Crippen LogP contribution in [0.3, 0.4) is 0 Å². The Morgan fingerprint density at radius 1 is 1.33 bits per heavy atom. The van der Waals surface area contributed by atoms with Crippen molar-refractivity contribution in [1.82, 2.24) is 15.2 Å². The third-order valence-corrected chi connectivity index (χ3v) is 5.95. The lowest BCUT2D eigenvalue weighted by molar-refractivity contribution is 0.0512. The van der Waals surface area contributed by atoms with E-state index in [9.17, 15) is 4.39 Å². The Hall–Kier alpha value is -1.99. The summed E-state index contributed by atoms with van der Waals surface area (Å²) in [4.78, 5) is 11.0. The van der Waals surface area contributed by atoms with Crippen molar-refractivity contribution in [1.29, 1.82) is 0 Å². The topological polar surface area (TPSA) is 49.8 Å². The number of rotatable bonds is 5. The molecule has 3 rings (SSSR count). The van der Waals surface area contributed by atoms with Crippen LogP contribution in [0.5, 0.6) is 0 Å². The summed E-state index contributed by atoms with van der Waals surface area (Å²) in [5, 5.41) is 6.67. The van der Waals surface area contributed by atoms with Gasteiger partial charge in [0, 0.05) is 44.6 Å². The molecule has 0 saturated carbocycles. The van der Waals surface area contributed by atoms with Crippen LogP contribution in [-0.2, 0) is 16.7 Å². The van der Waals surface area contributed by atoms with Gasteiger partial charge in [0.25, 0.3) is 0 Å². The zero-order valence-corrected chi connectivity index (χ0v) is 17.0. The second-order valence-electron chi connectivity index (χ2n) is 7.01. The number of halogens is 1. The molecule has 146 valence electrons. The highest BCUT2D eigenvalue weighted by atomic mass is 32.1. The van der Waals surface area contributed by atoms with Gasteiger partial charge in [-0.2, -0.15) is 0 Å². The Kier molecular flexibility index (Phi) is 6.44. The first-order valence-corrected chi connectivity index (χ1v) is 10.1. The van der Waals surface area contributed by atoms with Crippen molar-refractivity contribution in [3.05, 3.63) is 51.7 Å². The molecule has 1 aliphatic rings. The number of aryl methyl sites for hydroxylation is 1. The van der Waals surface area contributed by atoms with E-state index >= 15 is 0 Å². The van der Waals surface area contributed by atoms with Gasteiger partial charge in [0.1, 0.15) is 5.82 Å². The minimum absolute atomic E-state index is 0.0834. The summed E-state index contributed by atoms with van der Waals surface area (Å²) >= 11 is 1.66. The minimum Gasteiger partial charge on any atom is -0.381 e. The summed E-state index contributed by atoms with van der Waals surface area (Å²) in [5.74, 6) is 0.622. The number of nitrogens with zero attached hydrogens (tertiary/aromatic N) is 3. The molecule has 0 radical (unpaired) electrons. The predicted molar refractivity (Wildman–Crippen MR) is 108 cm³/mol. The number of hydrogen-bond donors (Lipinski definition) is 1. The van der Waals surface area contributed by atoms with Crippen LogP contribution in [0.15, 0.2) is 34.6 Å². The van der Waals surface area contributed by atoms with Crippen molar-refractivity contribution in [3.8, 4) is 0 Å². The third kappa shape index (κ3) is 4.84. The smallest absolute Gasteiger partial charge is 0.193 e. The van der Waals surface area contributed by atoms with Crippen LogP contribution in [0, 0.1) is 12.7 Å². The van der Waals surface area contributed by atoms with Crippen LogP contribution in [0.1, 0.15) is 29.1 Å². The summed E-state index contributed by atoms with van der Waals surface area (Å²) in [6.07, 6.45) is 1.80. The molecule has 5 nitrogen and oxygen atoms in total. The molecule has 7 heteroatoms. The number of thiazole rings is 1. The van der Waals surface area contributed by atoms with Crippen LogP contribution >= 0.6 is 11.3 Å². The van der Waals surface area contributed by atoms with E-state index in [1.807, 2.05) is 26.1 Å². The van der Waals surface area contributed by atoms with E-state index in [0.29, 0.717) is 19.8 Å². The van der Waals surface area contributed by atoms with Crippen molar-refractivity contribution in [2.24, 2.45) is 4.99 Å². The third-order valence-electron chi connectivity index (χ3n) is 5.13. The Balaban J connectivity index is 1.70. The second kappa shape index (κ2) is 8.80. The summed E-state index contributed by atoms with van der Waals surface area (Å²) in [7, 11) is 3.80. The summed E-state index contributed by atoms with van der Waals surface area (Å²) in [6.45, 7) is 4.88. The van der Waals surface area contributed by atoms with Crippen molar-refractivity contribution >= 4 is 17.3 Å². The predicted octanol–water partition coefficient (Wildman–Crippen LogP) is 3.35. The first kappa shape index (κ1) is 19.8. The van der Waals surface area contributed by atoms with E-state index in [4.69, 9.17) is 4.74 Å². The summed E-state index contributed by atoms with van der Waals surface area (Å²) < 4.78 is 19.0. The van der Waals surface area contributed by atoms with Gasteiger partial charge in [-0.05, 0) is 37.5 Å². The number of aliphatic imine (C=N–C) groups is 1. The van der Waals surface area contributed by atoms with Gasteiger partial charge >= 0.3 is 0 Å². The molecule has 2 aromatic rings. The van der Waals surface area contributed by atoms with Crippen molar-refractivity contribution in [3.63, 3.8) is 0 Å². The van der Waals surface area contributed by atoms with Crippen molar-refractivity contribution in [2.45, 2.75) is 31.7 Å². The van der Waals surface area contributed by atoms with Gasteiger partial charge in [-0.3, -0.25) is 4.99 Å². The molecule has 1 aromatic carbocycles. The van der Waals surface area contributed by atoms with E-state index in [0.717, 1.165) is 41.6 Å². The Labute approximate surface area is 164 Å². The largest absolute Gasteiger partial charge is 0.381 e. The molecule has 27 heavy (non-hydrogen) atoms. The maximum Gasteiger partial charge on any atom is 0.193 e. The van der Waals surface area contributed by atoms with Crippen LogP contribution in [0.25, 0.3) is 0 Å². The second-order valence-corrected chi connectivity index (χ2v) is 8.08. The summed E-state index contributed by atoms with van der Waals surface area (Å²) in [5.41, 5.74) is 2.11. The first-order valence-electron chi connectivity index (χ1n) is 9.19. The van der Waals surface area contributed by atoms with Gasteiger partial charge in [-0.25, -0.2) is 9.37 Å². The normalized spacial score (nSPS) is 17.0. The van der Waals surface area contributed by atoms with E-state index in [1.165, 1.54) is 12.1 Å². The quantitative estimate of drug-likeness (QED) is 0.628. The molecule has 1 saturated heterocycles. The molecule has 0 aliphatic carbocycles. The molecule has 0 atom stereocenters. The molecule has 0 bridgehead atoms. The Morgan fingerprint density at radius 2 is 2.04 bits per heavy atom. The molecular formula is C20H27FN4OS. The van der Waals surface area contributed by atoms with E-state index < -0.39 is 0 Å². The molecular weight excluding hydrogens is 363 g/mol. The zero-order valence-electron chi connectivity index (χ0n) is 16.2. The fourth-order valence-corrected chi connectivity index (χ4v) is 4.17. The van der Waals surface area contributed by atoms with Gasteiger partial charge in [0.2, 0.25) is 0 Å². The highest BCUT2D eigenvalue weighted by molar-refractivity contribution is 7.09. The summed E-state index contributed by atoms with van der Waals surface area (Å²) in [6, 6.07) is 6.87. The SMILES string of the molecule is CN=C(NCC1(c2ccc(F)cc2)CCOCC1)N(C)Cc1csc(C)n1. The van der Waals surface area contributed by atoms with Gasteiger partial charge in [-0.15, -0.1) is 11.3 Å². The van der Waals surface area contributed by atoms with Gasteiger partial charge in [0.05, 0.1) is 17.2 Å². The fraction of sp³-hybridized carbons (Fsp3) is 0.500. The van der Waals surface area contributed by atoms with Gasteiger partial charge in [-0.1, -0.05) is 12.1 Å². The number of hydrogen-bond acceptors (Lipinski definition) is 4. The average Bonchev–Trinajstić information content (AvgIpc) is 3.08. The van der Waals surface area contributed by atoms with E-state index in [1.54, 1.807) is 18.4 Å². The monoisotopic (exact) mass is 390 g/mol. The number of benzene rings is 1. The molecule has 0 spiro atoms. The number of aromatic nitrogens is 1. The number of ether oxygens (including phenoxy) is 1. The van der Waals surface area contributed by atoms with Crippen molar-refractivity contribution in [2.75, 3.05) is 33.9 Å². The minimum atomic E-state index is -0.206. The standard InChI is InChI=1S/C20H27FN4OS/c1-15-24-18(13-27-15)12-25(3)19(22-2)23-14-20(8-10-26-11-9-20)16-4-6-17(21)7-5-16/h4-7,13H,8-12,14H2,1-3H3,(H,22,23). The lowest BCUT2D eigenvalue weighted by Gasteiger charge is -2.39. The van der Waals surface area contributed by atoms with Crippen LogP contribution in [-0.4, -0.2) is 49.7 Å². The molecule has 0 amide bonds. The molecule has 0 unspecified atom stereocenters. The average molecular weight is 391 g/mol. The van der Waals surface area contributed by atoms with Gasteiger partial charge in [0.15, 0.2) is 5.96 Å². The highest BCUT2D eigenvalue weighted by Gasteiger charge is 2.34. The number of nitrogens with one attached hydrogen (secondary N) is 1. The Morgan fingerprint density at radius 3 is 2.63 bits per heavy atom.